The quantitative estimate of drug-likeness (QED) is 0.563. The van der Waals surface area contributed by atoms with E-state index in [-0.39, 0.29) is 5.78 Å². The van der Waals surface area contributed by atoms with Crippen LogP contribution in [-0.2, 0) is 0 Å². The highest BCUT2D eigenvalue weighted by atomic mass is 16.5. The van der Waals surface area contributed by atoms with Crippen LogP contribution in [0.1, 0.15) is 50.4 Å². The van der Waals surface area contributed by atoms with Crippen LogP contribution in [0.3, 0.4) is 0 Å². The molecule has 122 valence electrons. The van der Waals surface area contributed by atoms with Crippen LogP contribution in [0.4, 0.5) is 0 Å². The molecule has 0 unspecified atom stereocenters. The number of Topliss-reactive ketones (excluding diaryl/α,β-unsaturated/α-hetero) is 1. The van der Waals surface area contributed by atoms with Crippen LogP contribution >= 0.6 is 0 Å². The van der Waals surface area contributed by atoms with Crippen LogP contribution in [-0.4, -0.2) is 36.9 Å². The number of benzene rings is 1. The van der Waals surface area contributed by atoms with E-state index in [0.29, 0.717) is 12.2 Å². The molecule has 0 amide bonds. The summed E-state index contributed by atoms with van der Waals surface area (Å²) in [5.41, 5.74) is 0.682. The van der Waals surface area contributed by atoms with Gasteiger partial charge in [0, 0.05) is 13.1 Å². The lowest BCUT2D eigenvalue weighted by molar-refractivity contribution is 0.101. The Morgan fingerprint density at radius 2 is 1.86 bits per heavy atom. The number of nitrogens with zero attached hydrogens (tertiary/aromatic N) is 1. The van der Waals surface area contributed by atoms with Crippen molar-refractivity contribution in [2.24, 2.45) is 11.8 Å². The minimum Gasteiger partial charge on any atom is -0.493 e. The van der Waals surface area contributed by atoms with Crippen molar-refractivity contribution in [2.45, 2.75) is 40.0 Å². The molecule has 1 aliphatic rings. The first kappa shape index (κ1) is 17.0. The van der Waals surface area contributed by atoms with Gasteiger partial charge < -0.3 is 9.64 Å². The van der Waals surface area contributed by atoms with E-state index >= 15 is 0 Å². The summed E-state index contributed by atoms with van der Waals surface area (Å²) >= 11 is 0. The zero-order chi connectivity index (χ0) is 15.9. The summed E-state index contributed by atoms with van der Waals surface area (Å²) < 4.78 is 5.79. The molecule has 1 aromatic rings. The van der Waals surface area contributed by atoms with Gasteiger partial charge in [0.05, 0.1) is 12.2 Å². The Labute approximate surface area is 134 Å². The van der Waals surface area contributed by atoms with E-state index in [9.17, 15) is 4.79 Å². The van der Waals surface area contributed by atoms with Gasteiger partial charge in [-0.25, -0.2) is 0 Å². The lowest BCUT2D eigenvalue weighted by Crippen LogP contribution is -2.39. The molecule has 1 fully saturated rings. The normalized spacial score (nSPS) is 22.5. The topological polar surface area (TPSA) is 29.5 Å². The first-order valence-corrected chi connectivity index (χ1v) is 8.51. The largest absolute Gasteiger partial charge is 0.493 e. The smallest absolute Gasteiger partial charge is 0.163 e. The van der Waals surface area contributed by atoms with Crippen LogP contribution in [0.2, 0.25) is 0 Å². The number of para-hydroxylation sites is 1. The number of carbonyl (C=O) groups excluding carboxylic acids is 1. The van der Waals surface area contributed by atoms with Crippen molar-refractivity contribution in [3.05, 3.63) is 29.8 Å². The number of hydrogen-bond acceptors (Lipinski definition) is 3. The maximum Gasteiger partial charge on any atom is 0.163 e. The first-order valence-electron chi connectivity index (χ1n) is 8.51. The van der Waals surface area contributed by atoms with Gasteiger partial charge in [-0.05, 0) is 56.7 Å². The summed E-state index contributed by atoms with van der Waals surface area (Å²) in [6, 6.07) is 7.50. The lowest BCUT2D eigenvalue weighted by atomic mass is 9.92. The fourth-order valence-corrected chi connectivity index (χ4v) is 3.48. The number of ketones is 1. The van der Waals surface area contributed by atoms with Crippen molar-refractivity contribution in [3.63, 3.8) is 0 Å². The van der Waals surface area contributed by atoms with Crippen molar-refractivity contribution in [1.29, 1.82) is 0 Å². The number of hydrogen-bond donors (Lipinski definition) is 0. The van der Waals surface area contributed by atoms with Crippen LogP contribution in [0.25, 0.3) is 0 Å². The Morgan fingerprint density at radius 1 is 1.18 bits per heavy atom. The predicted molar refractivity (Wildman–Crippen MR) is 90.6 cm³/mol. The molecule has 0 N–H and O–H groups in total. The molecule has 1 heterocycles. The summed E-state index contributed by atoms with van der Waals surface area (Å²) in [6.45, 7) is 10.6. The highest BCUT2D eigenvalue weighted by molar-refractivity contribution is 5.96. The van der Waals surface area contributed by atoms with Crippen molar-refractivity contribution < 1.29 is 9.53 Å². The molecule has 0 spiro atoms. The lowest BCUT2D eigenvalue weighted by Gasteiger charge is -2.34. The summed E-state index contributed by atoms with van der Waals surface area (Å²) in [5, 5.41) is 0. The van der Waals surface area contributed by atoms with Gasteiger partial charge in [0.15, 0.2) is 5.78 Å². The van der Waals surface area contributed by atoms with E-state index < -0.39 is 0 Å². The minimum atomic E-state index is 0.0619. The second kappa shape index (κ2) is 8.33. The average molecular weight is 303 g/mol. The van der Waals surface area contributed by atoms with E-state index in [1.807, 2.05) is 24.3 Å². The summed E-state index contributed by atoms with van der Waals surface area (Å²) in [6.07, 6.45) is 3.55. The predicted octanol–water partition coefficient (Wildman–Crippen LogP) is 4.03. The molecular formula is C19H29NO2. The molecule has 3 nitrogen and oxygen atoms in total. The molecule has 22 heavy (non-hydrogen) atoms. The Morgan fingerprint density at radius 3 is 2.55 bits per heavy atom. The Hall–Kier alpha value is -1.35. The molecule has 0 radical (unpaired) electrons. The average Bonchev–Trinajstić information content (AvgIpc) is 2.46. The zero-order valence-corrected chi connectivity index (χ0v) is 14.2. The third kappa shape index (κ3) is 5.13. The number of likely N-dealkylation sites (tertiary alicyclic amines) is 1. The monoisotopic (exact) mass is 303 g/mol. The van der Waals surface area contributed by atoms with Crippen LogP contribution in [0.15, 0.2) is 24.3 Å². The van der Waals surface area contributed by atoms with Gasteiger partial charge in [0.25, 0.3) is 0 Å². The number of carbonyl (C=O) groups is 1. The van der Waals surface area contributed by atoms with Crippen molar-refractivity contribution >= 4 is 5.78 Å². The third-order valence-corrected chi connectivity index (χ3v) is 4.34. The Bertz CT molecular complexity index is 476. The molecule has 2 atom stereocenters. The Balaban J connectivity index is 1.68. The second-order valence-corrected chi connectivity index (χ2v) is 6.81. The van der Waals surface area contributed by atoms with Gasteiger partial charge in [-0.15, -0.1) is 0 Å². The van der Waals surface area contributed by atoms with E-state index in [4.69, 9.17) is 4.74 Å². The first-order chi connectivity index (χ1) is 10.6. The van der Waals surface area contributed by atoms with Crippen molar-refractivity contribution in [2.75, 3.05) is 26.2 Å². The SMILES string of the molecule is CC(=O)c1ccccc1OCCCCN1C[C@@H](C)C[C@H](C)C1. The van der Waals surface area contributed by atoms with E-state index in [0.717, 1.165) is 37.0 Å². The molecule has 0 saturated carbocycles. The van der Waals surface area contributed by atoms with Gasteiger partial charge in [-0.2, -0.15) is 0 Å². The van der Waals surface area contributed by atoms with Crippen molar-refractivity contribution in [1.82, 2.24) is 4.90 Å². The second-order valence-electron chi connectivity index (χ2n) is 6.81. The standard InChI is InChI=1S/C19H29NO2/c1-15-12-16(2)14-20(13-15)10-6-7-11-22-19-9-5-4-8-18(19)17(3)21/h4-5,8-9,15-16H,6-7,10-14H2,1-3H3/t15-,16-/m0/s1. The highest BCUT2D eigenvalue weighted by Gasteiger charge is 2.20. The zero-order valence-electron chi connectivity index (χ0n) is 14.2. The molecule has 1 saturated heterocycles. The van der Waals surface area contributed by atoms with E-state index in [1.54, 1.807) is 6.92 Å². The molecule has 0 aromatic heterocycles. The van der Waals surface area contributed by atoms with Crippen molar-refractivity contribution in [3.8, 4) is 5.75 Å². The minimum absolute atomic E-state index is 0.0619. The molecular weight excluding hydrogens is 274 g/mol. The Kier molecular flexibility index (Phi) is 6.44. The van der Waals surface area contributed by atoms with Crippen LogP contribution in [0.5, 0.6) is 5.75 Å². The van der Waals surface area contributed by atoms with Gasteiger partial charge in [0.2, 0.25) is 0 Å². The summed E-state index contributed by atoms with van der Waals surface area (Å²) in [5.74, 6) is 2.42. The highest BCUT2D eigenvalue weighted by Crippen LogP contribution is 2.21. The van der Waals surface area contributed by atoms with Gasteiger partial charge >= 0.3 is 0 Å². The van der Waals surface area contributed by atoms with E-state index in [1.165, 1.54) is 19.5 Å². The van der Waals surface area contributed by atoms with E-state index in [2.05, 4.69) is 18.7 Å². The van der Waals surface area contributed by atoms with Gasteiger partial charge in [-0.1, -0.05) is 26.0 Å². The number of ether oxygens (including phenoxy) is 1. The van der Waals surface area contributed by atoms with Gasteiger partial charge in [-0.3, -0.25) is 4.79 Å². The molecule has 0 bridgehead atoms. The molecule has 1 aliphatic heterocycles. The number of unbranched alkanes of at least 4 members (excludes halogenated alkanes) is 1. The summed E-state index contributed by atoms with van der Waals surface area (Å²) in [7, 11) is 0. The molecule has 2 rings (SSSR count). The van der Waals surface area contributed by atoms with Crippen LogP contribution in [0, 0.1) is 11.8 Å². The maximum absolute atomic E-state index is 11.5. The fourth-order valence-electron chi connectivity index (χ4n) is 3.48. The number of piperidine rings is 1. The summed E-state index contributed by atoms with van der Waals surface area (Å²) in [4.78, 5) is 14.1. The fraction of sp³-hybridized carbons (Fsp3) is 0.632. The molecule has 3 heteroatoms. The maximum atomic E-state index is 11.5. The van der Waals surface area contributed by atoms with Gasteiger partial charge in [0.1, 0.15) is 5.75 Å². The molecule has 1 aromatic carbocycles. The third-order valence-electron chi connectivity index (χ3n) is 4.34. The van der Waals surface area contributed by atoms with Crippen LogP contribution < -0.4 is 4.74 Å². The molecule has 0 aliphatic carbocycles. The number of rotatable bonds is 7.